The van der Waals surface area contributed by atoms with Crippen LogP contribution in [-0.2, 0) is 6.42 Å². The number of hydrogen-bond donors (Lipinski definition) is 0. The smallest absolute Gasteiger partial charge is 0.126 e. The van der Waals surface area contributed by atoms with Crippen molar-refractivity contribution >= 4 is 11.6 Å². The fraction of sp³-hybridized carbons (Fsp3) is 0.571. The Morgan fingerprint density at radius 1 is 1.35 bits per heavy atom. The van der Waals surface area contributed by atoms with Gasteiger partial charge in [0.25, 0.3) is 0 Å². The van der Waals surface area contributed by atoms with Crippen molar-refractivity contribution in [3.63, 3.8) is 0 Å². The van der Waals surface area contributed by atoms with E-state index in [0.717, 1.165) is 16.9 Å². The molecule has 0 aliphatic heterocycles. The van der Waals surface area contributed by atoms with Crippen LogP contribution in [0.25, 0.3) is 0 Å². The molecular formula is C14H20ClFO. The maximum Gasteiger partial charge on any atom is 0.126 e. The molecule has 0 saturated carbocycles. The Bertz CT molecular complexity index is 363. The van der Waals surface area contributed by atoms with Gasteiger partial charge < -0.3 is 4.74 Å². The standard InChI is InChI=1S/C14H20ClFO/c1-4-17-14-11(6-5-7-16)8-12(15)9-13(14)10(2)3/h8-10H,4-7H2,1-3H3. The highest BCUT2D eigenvalue weighted by atomic mass is 35.5. The summed E-state index contributed by atoms with van der Waals surface area (Å²) >= 11 is 6.10. The Kier molecular flexibility index (Phi) is 5.76. The van der Waals surface area contributed by atoms with Crippen molar-refractivity contribution in [2.45, 2.75) is 39.5 Å². The summed E-state index contributed by atoms with van der Waals surface area (Å²) in [5.74, 6) is 1.24. The number of hydrogen-bond acceptors (Lipinski definition) is 1. The van der Waals surface area contributed by atoms with Crippen LogP contribution >= 0.6 is 11.6 Å². The molecule has 0 N–H and O–H groups in total. The van der Waals surface area contributed by atoms with Gasteiger partial charge in [-0.2, -0.15) is 0 Å². The zero-order valence-electron chi connectivity index (χ0n) is 10.7. The number of aryl methyl sites for hydroxylation is 1. The van der Waals surface area contributed by atoms with Crippen molar-refractivity contribution in [2.75, 3.05) is 13.3 Å². The van der Waals surface area contributed by atoms with E-state index in [2.05, 4.69) is 13.8 Å². The SMILES string of the molecule is CCOc1c(CCCF)cc(Cl)cc1C(C)C. The van der Waals surface area contributed by atoms with E-state index >= 15 is 0 Å². The molecule has 0 amide bonds. The summed E-state index contributed by atoms with van der Waals surface area (Å²) in [6, 6.07) is 3.82. The Morgan fingerprint density at radius 3 is 2.59 bits per heavy atom. The Balaban J connectivity index is 3.14. The van der Waals surface area contributed by atoms with Crippen LogP contribution in [0, 0.1) is 0 Å². The number of rotatable bonds is 6. The highest BCUT2D eigenvalue weighted by molar-refractivity contribution is 6.30. The minimum Gasteiger partial charge on any atom is -0.493 e. The van der Waals surface area contributed by atoms with Gasteiger partial charge in [-0.3, -0.25) is 4.39 Å². The number of benzene rings is 1. The summed E-state index contributed by atoms with van der Waals surface area (Å²) in [5, 5.41) is 0.700. The molecule has 0 unspecified atom stereocenters. The number of alkyl halides is 1. The van der Waals surface area contributed by atoms with Crippen LogP contribution in [-0.4, -0.2) is 13.3 Å². The maximum atomic E-state index is 12.3. The van der Waals surface area contributed by atoms with Gasteiger partial charge in [0, 0.05) is 5.02 Å². The third kappa shape index (κ3) is 3.88. The monoisotopic (exact) mass is 258 g/mol. The normalized spacial score (nSPS) is 10.9. The molecule has 0 spiro atoms. The summed E-state index contributed by atoms with van der Waals surface area (Å²) in [6.07, 6.45) is 1.18. The van der Waals surface area contributed by atoms with Crippen LogP contribution in [0.2, 0.25) is 5.02 Å². The fourth-order valence-electron chi connectivity index (χ4n) is 1.87. The molecule has 0 aromatic heterocycles. The molecule has 0 heterocycles. The van der Waals surface area contributed by atoms with Gasteiger partial charge in [0.05, 0.1) is 13.3 Å². The van der Waals surface area contributed by atoms with Gasteiger partial charge >= 0.3 is 0 Å². The molecule has 0 aliphatic rings. The Labute approximate surface area is 108 Å². The minimum atomic E-state index is -0.310. The van der Waals surface area contributed by atoms with Crippen LogP contribution in [0.1, 0.15) is 44.2 Å². The lowest BCUT2D eigenvalue weighted by Gasteiger charge is -2.18. The van der Waals surface area contributed by atoms with Gasteiger partial charge in [-0.15, -0.1) is 0 Å². The molecule has 17 heavy (non-hydrogen) atoms. The van der Waals surface area contributed by atoms with E-state index in [0.29, 0.717) is 30.4 Å². The minimum absolute atomic E-state index is 0.310. The molecule has 1 rings (SSSR count). The molecule has 1 aromatic rings. The largest absolute Gasteiger partial charge is 0.493 e. The van der Waals surface area contributed by atoms with Crippen LogP contribution in [0.5, 0.6) is 5.75 Å². The summed E-state index contributed by atoms with van der Waals surface area (Å²) in [6.45, 7) is 6.47. The van der Waals surface area contributed by atoms with Crippen LogP contribution < -0.4 is 4.74 Å². The second-order valence-electron chi connectivity index (χ2n) is 4.36. The average Bonchev–Trinajstić information content (AvgIpc) is 2.28. The zero-order chi connectivity index (χ0) is 12.8. The van der Waals surface area contributed by atoms with Crippen LogP contribution in [0.15, 0.2) is 12.1 Å². The van der Waals surface area contributed by atoms with Crippen molar-refractivity contribution in [2.24, 2.45) is 0 Å². The van der Waals surface area contributed by atoms with E-state index in [1.807, 2.05) is 19.1 Å². The molecular weight excluding hydrogens is 239 g/mol. The second-order valence-corrected chi connectivity index (χ2v) is 4.80. The lowest BCUT2D eigenvalue weighted by molar-refractivity contribution is 0.330. The summed E-state index contributed by atoms with van der Waals surface area (Å²) in [7, 11) is 0. The van der Waals surface area contributed by atoms with E-state index in [9.17, 15) is 4.39 Å². The topological polar surface area (TPSA) is 9.23 Å². The lowest BCUT2D eigenvalue weighted by Crippen LogP contribution is -2.03. The zero-order valence-corrected chi connectivity index (χ0v) is 11.5. The van der Waals surface area contributed by atoms with Crippen molar-refractivity contribution < 1.29 is 9.13 Å². The Morgan fingerprint density at radius 2 is 2.06 bits per heavy atom. The molecule has 0 atom stereocenters. The predicted molar refractivity (Wildman–Crippen MR) is 71.0 cm³/mol. The first-order valence-electron chi connectivity index (χ1n) is 6.11. The van der Waals surface area contributed by atoms with E-state index < -0.39 is 0 Å². The molecule has 0 bridgehead atoms. The molecule has 0 saturated heterocycles. The van der Waals surface area contributed by atoms with E-state index in [1.165, 1.54) is 0 Å². The van der Waals surface area contributed by atoms with E-state index in [1.54, 1.807) is 0 Å². The van der Waals surface area contributed by atoms with Gasteiger partial charge in [0.2, 0.25) is 0 Å². The Hall–Kier alpha value is -0.760. The van der Waals surface area contributed by atoms with Gasteiger partial charge in [-0.25, -0.2) is 0 Å². The molecule has 96 valence electrons. The van der Waals surface area contributed by atoms with E-state index in [-0.39, 0.29) is 6.67 Å². The molecule has 0 fully saturated rings. The molecule has 1 aromatic carbocycles. The summed E-state index contributed by atoms with van der Waals surface area (Å²) < 4.78 is 18.0. The second kappa shape index (κ2) is 6.85. The summed E-state index contributed by atoms with van der Waals surface area (Å²) in [4.78, 5) is 0. The first kappa shape index (κ1) is 14.3. The quantitative estimate of drug-likeness (QED) is 0.715. The lowest BCUT2D eigenvalue weighted by atomic mass is 9.97. The van der Waals surface area contributed by atoms with E-state index in [4.69, 9.17) is 16.3 Å². The third-order valence-corrected chi connectivity index (χ3v) is 2.87. The van der Waals surface area contributed by atoms with Gasteiger partial charge in [-0.1, -0.05) is 25.4 Å². The first-order valence-corrected chi connectivity index (χ1v) is 6.49. The van der Waals surface area contributed by atoms with Gasteiger partial charge in [0.15, 0.2) is 0 Å². The third-order valence-electron chi connectivity index (χ3n) is 2.65. The van der Waals surface area contributed by atoms with Crippen molar-refractivity contribution in [3.8, 4) is 5.75 Å². The van der Waals surface area contributed by atoms with Crippen molar-refractivity contribution in [3.05, 3.63) is 28.3 Å². The molecule has 0 radical (unpaired) electrons. The van der Waals surface area contributed by atoms with Crippen molar-refractivity contribution in [1.29, 1.82) is 0 Å². The fourth-order valence-corrected chi connectivity index (χ4v) is 2.11. The molecule has 0 aliphatic carbocycles. The highest BCUT2D eigenvalue weighted by Gasteiger charge is 2.14. The van der Waals surface area contributed by atoms with Gasteiger partial charge in [0.1, 0.15) is 5.75 Å². The average molecular weight is 259 g/mol. The first-order chi connectivity index (χ1) is 8.10. The van der Waals surface area contributed by atoms with Crippen molar-refractivity contribution in [1.82, 2.24) is 0 Å². The molecule has 1 nitrogen and oxygen atoms in total. The van der Waals surface area contributed by atoms with Crippen LogP contribution in [0.3, 0.4) is 0 Å². The summed E-state index contributed by atoms with van der Waals surface area (Å²) in [5.41, 5.74) is 2.12. The number of halogens is 2. The van der Waals surface area contributed by atoms with Crippen LogP contribution in [0.4, 0.5) is 4.39 Å². The highest BCUT2D eigenvalue weighted by Crippen LogP contribution is 2.34. The predicted octanol–water partition coefficient (Wildman–Crippen LogP) is 4.76. The molecule has 3 heteroatoms. The maximum absolute atomic E-state index is 12.3. The van der Waals surface area contributed by atoms with Gasteiger partial charge in [-0.05, 0) is 48.9 Å². The number of ether oxygens (including phenoxy) is 1.